The van der Waals surface area contributed by atoms with E-state index in [2.05, 4.69) is 103 Å². The molecular formula is C32H18N2. The first-order valence-electron chi connectivity index (χ1n) is 11.6. The van der Waals surface area contributed by atoms with Crippen LogP contribution in [-0.4, -0.2) is 9.97 Å². The van der Waals surface area contributed by atoms with E-state index >= 15 is 0 Å². The second kappa shape index (κ2) is 6.49. The Hall–Kier alpha value is -4.56. The fourth-order valence-corrected chi connectivity index (χ4v) is 5.60. The summed E-state index contributed by atoms with van der Waals surface area (Å²) in [5.41, 5.74) is 5.12. The molecule has 0 atom stereocenters. The molecule has 0 unspecified atom stereocenters. The average Bonchev–Trinajstić information content (AvgIpc) is 2.90. The molecule has 0 N–H and O–H groups in total. The Morgan fingerprint density at radius 3 is 1.97 bits per heavy atom. The van der Waals surface area contributed by atoms with Crippen LogP contribution in [-0.2, 0) is 0 Å². The van der Waals surface area contributed by atoms with Gasteiger partial charge in [-0.05, 0) is 50.5 Å². The summed E-state index contributed by atoms with van der Waals surface area (Å²) >= 11 is 0. The topological polar surface area (TPSA) is 25.8 Å². The second-order valence-electron chi connectivity index (χ2n) is 9.02. The van der Waals surface area contributed by atoms with E-state index in [0.29, 0.717) is 0 Å². The van der Waals surface area contributed by atoms with Crippen molar-refractivity contribution < 1.29 is 0 Å². The van der Waals surface area contributed by atoms with Crippen molar-refractivity contribution in [1.29, 1.82) is 0 Å². The van der Waals surface area contributed by atoms with Crippen LogP contribution in [0.1, 0.15) is 0 Å². The van der Waals surface area contributed by atoms with E-state index < -0.39 is 0 Å². The van der Waals surface area contributed by atoms with E-state index in [4.69, 9.17) is 9.97 Å². The van der Waals surface area contributed by atoms with Gasteiger partial charge in [0.25, 0.3) is 0 Å². The van der Waals surface area contributed by atoms with E-state index in [0.717, 1.165) is 44.0 Å². The molecule has 0 aliphatic rings. The van der Waals surface area contributed by atoms with Gasteiger partial charge in [-0.2, -0.15) is 0 Å². The SMILES string of the molecule is c1ccc2nc3c(cc2c1)c(-c1ccc2ccc4cccc5ccc1c2c45)nc1ccccc13. The number of aromatic nitrogens is 2. The summed E-state index contributed by atoms with van der Waals surface area (Å²) < 4.78 is 0. The normalized spacial score (nSPS) is 12.1. The highest BCUT2D eigenvalue weighted by Crippen LogP contribution is 2.41. The van der Waals surface area contributed by atoms with Gasteiger partial charge in [-0.1, -0.05) is 91.0 Å². The number of nitrogens with zero attached hydrogens (tertiary/aromatic N) is 2. The van der Waals surface area contributed by atoms with Crippen molar-refractivity contribution in [3.8, 4) is 11.3 Å². The van der Waals surface area contributed by atoms with Crippen molar-refractivity contribution in [2.75, 3.05) is 0 Å². The standard InChI is InChI=1S/C32H18N2/c1-3-10-27-22(6-1)18-26-31(34-28-11-4-2-9-25(28)32(26)33-27)24-17-15-21-13-12-19-7-5-8-20-14-16-23(24)30(21)29(19)20/h1-18H. The van der Waals surface area contributed by atoms with Crippen LogP contribution in [0.25, 0.3) is 76.3 Å². The third kappa shape index (κ3) is 2.35. The zero-order chi connectivity index (χ0) is 22.2. The molecule has 2 heterocycles. The highest BCUT2D eigenvalue weighted by atomic mass is 14.8. The number of hydrogen-bond acceptors (Lipinski definition) is 2. The fourth-order valence-electron chi connectivity index (χ4n) is 5.60. The summed E-state index contributed by atoms with van der Waals surface area (Å²) in [4.78, 5) is 10.3. The largest absolute Gasteiger partial charge is 0.247 e. The predicted molar refractivity (Wildman–Crippen MR) is 144 cm³/mol. The Bertz CT molecular complexity index is 2050. The Labute approximate surface area is 195 Å². The van der Waals surface area contributed by atoms with Crippen LogP contribution in [0.4, 0.5) is 0 Å². The summed E-state index contributed by atoms with van der Waals surface area (Å²) in [6.45, 7) is 0. The lowest BCUT2D eigenvalue weighted by Gasteiger charge is -2.16. The van der Waals surface area contributed by atoms with Crippen molar-refractivity contribution >= 4 is 65.0 Å². The first-order chi connectivity index (χ1) is 16.8. The van der Waals surface area contributed by atoms with Crippen LogP contribution in [0.2, 0.25) is 0 Å². The lowest BCUT2D eigenvalue weighted by Crippen LogP contribution is -1.94. The molecule has 0 saturated heterocycles. The van der Waals surface area contributed by atoms with E-state index in [1.807, 2.05) is 6.07 Å². The van der Waals surface area contributed by atoms with Crippen LogP contribution >= 0.6 is 0 Å². The Morgan fingerprint density at radius 1 is 0.412 bits per heavy atom. The van der Waals surface area contributed by atoms with Gasteiger partial charge >= 0.3 is 0 Å². The molecule has 0 bridgehead atoms. The third-order valence-corrected chi connectivity index (χ3v) is 7.15. The summed E-state index contributed by atoms with van der Waals surface area (Å²) in [6, 6.07) is 38.9. The number of pyridine rings is 2. The number of benzene rings is 6. The van der Waals surface area contributed by atoms with Crippen molar-refractivity contribution in [3.63, 3.8) is 0 Å². The monoisotopic (exact) mass is 430 g/mol. The maximum atomic E-state index is 5.22. The molecule has 6 aromatic carbocycles. The molecule has 2 nitrogen and oxygen atoms in total. The minimum Gasteiger partial charge on any atom is -0.247 e. The number of para-hydroxylation sites is 2. The van der Waals surface area contributed by atoms with E-state index in [1.54, 1.807) is 0 Å². The Morgan fingerprint density at radius 2 is 1.09 bits per heavy atom. The molecule has 0 fully saturated rings. The lowest BCUT2D eigenvalue weighted by atomic mass is 9.90. The van der Waals surface area contributed by atoms with Crippen molar-refractivity contribution in [2.45, 2.75) is 0 Å². The van der Waals surface area contributed by atoms with Crippen molar-refractivity contribution in [2.24, 2.45) is 0 Å². The minimum absolute atomic E-state index is 0.971. The summed E-state index contributed by atoms with van der Waals surface area (Å²) in [5.74, 6) is 0. The van der Waals surface area contributed by atoms with Crippen LogP contribution < -0.4 is 0 Å². The summed E-state index contributed by atoms with van der Waals surface area (Å²) in [6.07, 6.45) is 0. The first kappa shape index (κ1) is 17.9. The molecule has 0 radical (unpaired) electrons. The zero-order valence-corrected chi connectivity index (χ0v) is 18.3. The maximum absolute atomic E-state index is 5.22. The van der Waals surface area contributed by atoms with Crippen molar-refractivity contribution in [3.05, 3.63) is 109 Å². The van der Waals surface area contributed by atoms with Gasteiger partial charge in [-0.25, -0.2) is 9.97 Å². The van der Waals surface area contributed by atoms with E-state index in [-0.39, 0.29) is 0 Å². The van der Waals surface area contributed by atoms with Crippen molar-refractivity contribution in [1.82, 2.24) is 9.97 Å². The predicted octanol–water partition coefficient (Wildman–Crippen LogP) is 8.50. The number of rotatable bonds is 1. The smallest absolute Gasteiger partial charge is 0.0825 e. The molecule has 0 spiro atoms. The summed E-state index contributed by atoms with van der Waals surface area (Å²) in [5, 5.41) is 11.0. The van der Waals surface area contributed by atoms with Gasteiger partial charge in [0, 0.05) is 21.7 Å². The molecule has 156 valence electrons. The number of hydrogen-bond donors (Lipinski definition) is 0. The Balaban J connectivity index is 1.58. The maximum Gasteiger partial charge on any atom is 0.0825 e. The summed E-state index contributed by atoms with van der Waals surface area (Å²) in [7, 11) is 0. The molecular weight excluding hydrogens is 412 g/mol. The van der Waals surface area contributed by atoms with Gasteiger partial charge in [-0.3, -0.25) is 0 Å². The molecule has 0 saturated carbocycles. The van der Waals surface area contributed by atoms with Gasteiger partial charge in [0.05, 0.1) is 22.2 Å². The Kier molecular flexibility index (Phi) is 3.42. The first-order valence-corrected chi connectivity index (χ1v) is 11.6. The third-order valence-electron chi connectivity index (χ3n) is 7.15. The molecule has 34 heavy (non-hydrogen) atoms. The molecule has 8 rings (SSSR count). The molecule has 0 amide bonds. The van der Waals surface area contributed by atoms with E-state index in [9.17, 15) is 0 Å². The molecule has 0 aliphatic heterocycles. The van der Waals surface area contributed by atoms with Gasteiger partial charge in [0.2, 0.25) is 0 Å². The van der Waals surface area contributed by atoms with Gasteiger partial charge in [-0.15, -0.1) is 0 Å². The lowest BCUT2D eigenvalue weighted by molar-refractivity contribution is 1.42. The average molecular weight is 431 g/mol. The highest BCUT2D eigenvalue weighted by Gasteiger charge is 2.17. The number of fused-ring (bicyclic) bond motifs is 4. The van der Waals surface area contributed by atoms with Crippen LogP contribution in [0.15, 0.2) is 109 Å². The van der Waals surface area contributed by atoms with Crippen LogP contribution in [0.5, 0.6) is 0 Å². The molecule has 2 aromatic heterocycles. The molecule has 2 heteroatoms. The quantitative estimate of drug-likeness (QED) is 0.193. The van der Waals surface area contributed by atoms with Gasteiger partial charge < -0.3 is 0 Å². The molecule has 0 aliphatic carbocycles. The van der Waals surface area contributed by atoms with Gasteiger partial charge in [0.15, 0.2) is 0 Å². The van der Waals surface area contributed by atoms with Gasteiger partial charge in [0.1, 0.15) is 0 Å². The van der Waals surface area contributed by atoms with Crippen LogP contribution in [0, 0.1) is 0 Å². The zero-order valence-electron chi connectivity index (χ0n) is 18.3. The fraction of sp³-hybridized carbons (Fsp3) is 0. The van der Waals surface area contributed by atoms with Crippen LogP contribution in [0.3, 0.4) is 0 Å². The van der Waals surface area contributed by atoms with E-state index in [1.165, 1.54) is 32.3 Å². The second-order valence-corrected chi connectivity index (χ2v) is 9.02. The molecule has 8 aromatic rings. The highest BCUT2D eigenvalue weighted by molar-refractivity contribution is 6.26. The minimum atomic E-state index is 0.971.